The molecule has 3 heterocycles. The molecule has 0 amide bonds. The fourth-order valence-corrected chi connectivity index (χ4v) is 5.09. The molecule has 2 aliphatic rings. The van der Waals surface area contributed by atoms with Crippen LogP contribution in [-0.4, -0.2) is 39.1 Å². The molecular weight excluding hydrogens is 429 g/mol. The van der Waals surface area contributed by atoms with Gasteiger partial charge in [0.2, 0.25) is 0 Å². The van der Waals surface area contributed by atoms with Crippen LogP contribution in [0.4, 0.5) is 13.2 Å². The van der Waals surface area contributed by atoms with Crippen molar-refractivity contribution in [3.05, 3.63) is 82.7 Å². The van der Waals surface area contributed by atoms with Crippen LogP contribution in [-0.2, 0) is 18.1 Å². The number of alkyl halides is 3. The number of hydrogen-bond donors (Lipinski definition) is 0. The predicted octanol–water partition coefficient (Wildman–Crippen LogP) is 4.38. The molecule has 0 radical (unpaired) electrons. The highest BCUT2D eigenvalue weighted by atomic mass is 19.4. The number of fused-ring (bicyclic) bond motifs is 1. The molecule has 0 spiro atoms. The van der Waals surface area contributed by atoms with Crippen LogP contribution in [0.1, 0.15) is 30.4 Å². The van der Waals surface area contributed by atoms with Gasteiger partial charge in [0.1, 0.15) is 0 Å². The topological polar surface area (TPSA) is 51.0 Å². The number of rotatable bonds is 7. The van der Waals surface area contributed by atoms with E-state index in [0.717, 1.165) is 50.0 Å². The molecule has 1 aliphatic heterocycles. The second kappa shape index (κ2) is 8.41. The molecule has 2 atom stereocenters. The summed E-state index contributed by atoms with van der Waals surface area (Å²) >= 11 is 0. The molecule has 5 rings (SSSR count). The Morgan fingerprint density at radius 2 is 1.85 bits per heavy atom. The Morgan fingerprint density at radius 3 is 2.55 bits per heavy atom. The first-order valence-corrected chi connectivity index (χ1v) is 11.2. The van der Waals surface area contributed by atoms with Gasteiger partial charge in [-0.05, 0) is 67.6 Å². The van der Waals surface area contributed by atoms with Crippen LogP contribution in [0.2, 0.25) is 0 Å². The standard InChI is InChI=1S/C25H25F3N4O/c26-25(27,28)20-7-5-19(6-8-20)24-14-21(24)16-31(17-24)11-1-2-12-32-13-9-22(30-23(32)33)18-4-3-10-29-15-18/h3-10,13,15,21H,1-2,11-12,14,16-17H2. The van der Waals surface area contributed by atoms with Gasteiger partial charge in [0.05, 0.1) is 11.3 Å². The molecule has 5 nitrogen and oxygen atoms in total. The van der Waals surface area contributed by atoms with Gasteiger partial charge in [0.25, 0.3) is 0 Å². The third-order valence-electron chi connectivity index (χ3n) is 6.96. The summed E-state index contributed by atoms with van der Waals surface area (Å²) in [6.07, 6.45) is 3.72. The van der Waals surface area contributed by atoms with Crippen LogP contribution in [0, 0.1) is 5.92 Å². The number of likely N-dealkylation sites (tertiary alicyclic amines) is 1. The smallest absolute Gasteiger partial charge is 0.302 e. The Bertz CT molecular complexity index is 1180. The Kier molecular flexibility index (Phi) is 5.56. The van der Waals surface area contributed by atoms with Gasteiger partial charge in [0, 0.05) is 49.2 Å². The van der Waals surface area contributed by atoms with E-state index in [9.17, 15) is 18.0 Å². The zero-order chi connectivity index (χ0) is 23.1. The van der Waals surface area contributed by atoms with Gasteiger partial charge in [-0.2, -0.15) is 18.2 Å². The Hall–Kier alpha value is -3.00. The minimum atomic E-state index is -4.29. The summed E-state index contributed by atoms with van der Waals surface area (Å²) in [6, 6.07) is 11.2. The quantitative estimate of drug-likeness (QED) is 0.498. The second-order valence-corrected chi connectivity index (χ2v) is 9.10. The highest BCUT2D eigenvalue weighted by Crippen LogP contribution is 2.59. The van der Waals surface area contributed by atoms with Crippen molar-refractivity contribution in [3.8, 4) is 11.3 Å². The van der Waals surface area contributed by atoms with E-state index in [0.29, 0.717) is 18.2 Å². The first-order chi connectivity index (χ1) is 15.8. The number of pyridine rings is 1. The Balaban J connectivity index is 1.12. The average Bonchev–Trinajstić information content (AvgIpc) is 3.39. The van der Waals surface area contributed by atoms with E-state index in [4.69, 9.17) is 0 Å². The minimum Gasteiger partial charge on any atom is -0.302 e. The molecule has 2 unspecified atom stereocenters. The molecule has 33 heavy (non-hydrogen) atoms. The molecule has 2 aromatic heterocycles. The van der Waals surface area contributed by atoms with Crippen molar-refractivity contribution in [2.24, 2.45) is 5.92 Å². The van der Waals surface area contributed by atoms with E-state index in [1.807, 2.05) is 18.2 Å². The molecule has 1 aliphatic carbocycles. The molecule has 1 aromatic carbocycles. The van der Waals surface area contributed by atoms with Crippen molar-refractivity contribution in [1.29, 1.82) is 0 Å². The van der Waals surface area contributed by atoms with Gasteiger partial charge in [-0.3, -0.25) is 9.55 Å². The number of piperidine rings is 1. The number of unbranched alkanes of at least 4 members (excludes halogenated alkanes) is 1. The van der Waals surface area contributed by atoms with Crippen molar-refractivity contribution in [3.63, 3.8) is 0 Å². The van der Waals surface area contributed by atoms with Crippen molar-refractivity contribution in [2.75, 3.05) is 19.6 Å². The predicted molar refractivity (Wildman–Crippen MR) is 119 cm³/mol. The van der Waals surface area contributed by atoms with Gasteiger partial charge in [-0.25, -0.2) is 4.79 Å². The number of benzene rings is 1. The second-order valence-electron chi connectivity index (χ2n) is 9.10. The highest BCUT2D eigenvalue weighted by Gasteiger charge is 2.60. The third kappa shape index (κ3) is 4.44. The van der Waals surface area contributed by atoms with E-state index in [1.54, 1.807) is 35.3 Å². The summed E-state index contributed by atoms with van der Waals surface area (Å²) in [5.41, 5.74) is 1.63. The first kappa shape index (κ1) is 21.8. The van der Waals surface area contributed by atoms with Crippen molar-refractivity contribution in [1.82, 2.24) is 19.4 Å². The maximum absolute atomic E-state index is 12.8. The van der Waals surface area contributed by atoms with Gasteiger partial charge in [-0.15, -0.1) is 0 Å². The van der Waals surface area contributed by atoms with Gasteiger partial charge < -0.3 is 4.90 Å². The summed E-state index contributed by atoms with van der Waals surface area (Å²) in [6.45, 7) is 3.42. The van der Waals surface area contributed by atoms with Crippen molar-refractivity contribution in [2.45, 2.75) is 37.4 Å². The van der Waals surface area contributed by atoms with E-state index in [-0.39, 0.29) is 11.1 Å². The summed E-state index contributed by atoms with van der Waals surface area (Å²) in [4.78, 5) is 23.0. The molecule has 8 heteroatoms. The van der Waals surface area contributed by atoms with Gasteiger partial charge >= 0.3 is 11.9 Å². The number of aryl methyl sites for hydroxylation is 1. The molecule has 1 saturated carbocycles. The molecule has 0 bridgehead atoms. The molecular formula is C25H25F3N4O. The zero-order valence-corrected chi connectivity index (χ0v) is 18.1. The van der Waals surface area contributed by atoms with Crippen LogP contribution in [0.15, 0.2) is 65.8 Å². The van der Waals surface area contributed by atoms with E-state index in [2.05, 4.69) is 14.9 Å². The summed E-state index contributed by atoms with van der Waals surface area (Å²) in [7, 11) is 0. The number of halogens is 3. The van der Waals surface area contributed by atoms with Crippen molar-refractivity contribution >= 4 is 0 Å². The average molecular weight is 454 g/mol. The van der Waals surface area contributed by atoms with Crippen LogP contribution >= 0.6 is 0 Å². The fourth-order valence-electron chi connectivity index (χ4n) is 5.09. The lowest BCUT2D eigenvalue weighted by Gasteiger charge is -2.21. The van der Waals surface area contributed by atoms with E-state index < -0.39 is 11.7 Å². The molecule has 172 valence electrons. The maximum atomic E-state index is 12.8. The monoisotopic (exact) mass is 454 g/mol. The third-order valence-corrected chi connectivity index (χ3v) is 6.96. The Labute approximate surface area is 189 Å². The van der Waals surface area contributed by atoms with Gasteiger partial charge in [0.15, 0.2) is 0 Å². The normalized spacial score (nSPS) is 22.3. The maximum Gasteiger partial charge on any atom is 0.416 e. The number of nitrogens with zero attached hydrogens (tertiary/aromatic N) is 4. The van der Waals surface area contributed by atoms with Crippen LogP contribution in [0.25, 0.3) is 11.3 Å². The van der Waals surface area contributed by atoms with Crippen molar-refractivity contribution < 1.29 is 13.2 Å². The highest BCUT2D eigenvalue weighted by molar-refractivity contribution is 5.56. The molecule has 3 aromatic rings. The van der Waals surface area contributed by atoms with Crippen LogP contribution in [0.3, 0.4) is 0 Å². The van der Waals surface area contributed by atoms with Crippen LogP contribution < -0.4 is 5.69 Å². The lowest BCUT2D eigenvalue weighted by atomic mass is 9.94. The zero-order valence-electron chi connectivity index (χ0n) is 18.1. The minimum absolute atomic E-state index is 0.0209. The molecule has 1 saturated heterocycles. The van der Waals surface area contributed by atoms with E-state index in [1.165, 1.54) is 12.1 Å². The summed E-state index contributed by atoms with van der Waals surface area (Å²) in [5, 5.41) is 0. The number of aromatic nitrogens is 3. The van der Waals surface area contributed by atoms with E-state index >= 15 is 0 Å². The first-order valence-electron chi connectivity index (χ1n) is 11.2. The Morgan fingerprint density at radius 1 is 1.06 bits per heavy atom. The van der Waals surface area contributed by atoms with Gasteiger partial charge in [-0.1, -0.05) is 12.1 Å². The molecule has 0 N–H and O–H groups in total. The lowest BCUT2D eigenvalue weighted by Crippen LogP contribution is -2.28. The fraction of sp³-hybridized carbons (Fsp3) is 0.400. The summed E-state index contributed by atoms with van der Waals surface area (Å²) < 4.78 is 40.2. The molecule has 2 fully saturated rings. The lowest BCUT2D eigenvalue weighted by molar-refractivity contribution is -0.137. The SMILES string of the molecule is O=c1nc(-c2cccnc2)ccn1CCCCN1CC2CC2(c2ccc(C(F)(F)F)cc2)C1. The summed E-state index contributed by atoms with van der Waals surface area (Å²) in [5.74, 6) is 0.529. The largest absolute Gasteiger partial charge is 0.416 e. The number of hydrogen-bond acceptors (Lipinski definition) is 4. The van der Waals surface area contributed by atoms with Crippen LogP contribution in [0.5, 0.6) is 0 Å².